The monoisotopic (exact) mass is 618 g/mol. The summed E-state index contributed by atoms with van der Waals surface area (Å²) in [6.45, 7) is 3.03. The van der Waals surface area contributed by atoms with Crippen molar-refractivity contribution in [1.82, 2.24) is 14.6 Å². The van der Waals surface area contributed by atoms with Crippen molar-refractivity contribution in [3.05, 3.63) is 58.6 Å². The molecule has 0 radical (unpaired) electrons. The van der Waals surface area contributed by atoms with Crippen molar-refractivity contribution >= 4 is 37.5 Å². The van der Waals surface area contributed by atoms with E-state index in [1.165, 1.54) is 19.2 Å². The Balaban J connectivity index is 1.66. The number of nitrogens with zero attached hydrogens (tertiary/aromatic N) is 2. The SMILES string of the molecule is CC(C)OC(=O)OCOP(=O)(N[C@@H](C)C(=O)OCc1ccccc1)OC[C@H]1S[C@@H](n2ccc(N)nc2=O)[C@@H](F)[C@@H]1O. The van der Waals surface area contributed by atoms with Crippen LogP contribution >= 0.6 is 19.5 Å². The van der Waals surface area contributed by atoms with Crippen LogP contribution in [-0.2, 0) is 39.2 Å². The lowest BCUT2D eigenvalue weighted by Gasteiger charge is -2.24. The molecule has 2 heterocycles. The number of halogens is 1. The Labute approximate surface area is 239 Å². The molecule has 4 N–H and O–H groups in total. The van der Waals surface area contributed by atoms with Crippen LogP contribution in [0.4, 0.5) is 15.0 Å². The number of carbonyl (C=O) groups excluding carboxylic acids is 2. The molecule has 0 aliphatic carbocycles. The van der Waals surface area contributed by atoms with Crippen LogP contribution in [0, 0.1) is 0 Å². The fourth-order valence-electron chi connectivity index (χ4n) is 3.48. The Morgan fingerprint density at radius 2 is 1.90 bits per heavy atom. The molecule has 6 atom stereocenters. The average molecular weight is 619 g/mol. The molecule has 41 heavy (non-hydrogen) atoms. The van der Waals surface area contributed by atoms with Crippen molar-refractivity contribution in [1.29, 1.82) is 0 Å². The van der Waals surface area contributed by atoms with Gasteiger partial charge in [-0.3, -0.25) is 18.4 Å². The molecule has 0 bridgehead atoms. The minimum Gasteiger partial charge on any atom is -0.460 e. The number of nitrogen functional groups attached to an aromatic ring is 1. The molecule has 1 aromatic carbocycles. The number of ether oxygens (including phenoxy) is 3. The molecular formula is C24H32FN4O10PS. The Bertz CT molecular complexity index is 1290. The van der Waals surface area contributed by atoms with Gasteiger partial charge in [-0.2, -0.15) is 4.98 Å². The van der Waals surface area contributed by atoms with Gasteiger partial charge in [0, 0.05) is 6.20 Å². The van der Waals surface area contributed by atoms with Gasteiger partial charge in [-0.25, -0.2) is 23.6 Å². The molecule has 1 saturated heterocycles. The summed E-state index contributed by atoms with van der Waals surface area (Å²) in [4.78, 5) is 40.0. The van der Waals surface area contributed by atoms with E-state index in [1.54, 1.807) is 44.2 Å². The molecule has 1 aliphatic heterocycles. The van der Waals surface area contributed by atoms with Gasteiger partial charge in [-0.1, -0.05) is 30.3 Å². The number of nitrogens with two attached hydrogens (primary N) is 1. The van der Waals surface area contributed by atoms with Gasteiger partial charge in [-0.05, 0) is 32.4 Å². The van der Waals surface area contributed by atoms with E-state index in [0.29, 0.717) is 0 Å². The van der Waals surface area contributed by atoms with Crippen LogP contribution < -0.4 is 16.5 Å². The van der Waals surface area contributed by atoms with E-state index in [1.807, 2.05) is 0 Å². The fourth-order valence-corrected chi connectivity index (χ4v) is 6.35. The summed E-state index contributed by atoms with van der Waals surface area (Å²) >= 11 is 0.838. The topological polar surface area (TPSA) is 191 Å². The largest absolute Gasteiger partial charge is 0.510 e. The van der Waals surface area contributed by atoms with Gasteiger partial charge in [0.05, 0.1) is 18.0 Å². The Kier molecular flexibility index (Phi) is 11.7. The zero-order valence-electron chi connectivity index (χ0n) is 22.5. The lowest BCUT2D eigenvalue weighted by molar-refractivity contribution is -0.146. The van der Waals surface area contributed by atoms with E-state index >= 15 is 0 Å². The first-order valence-corrected chi connectivity index (χ1v) is 14.9. The van der Waals surface area contributed by atoms with Crippen LogP contribution in [0.5, 0.6) is 0 Å². The second-order valence-electron chi connectivity index (χ2n) is 9.09. The molecule has 14 nitrogen and oxygen atoms in total. The number of aliphatic hydroxyl groups is 1. The standard InChI is InChI=1S/C24H32FN4O10PS/c1-14(2)39-24(33)36-13-38-40(34,28-15(3)22(31)35-11-16-7-5-4-6-8-16)37-12-17-20(30)19(25)21(41-17)29-10-9-18(26)27-23(29)32/h4-10,14-15,17,19-21,30H,11-13H2,1-3H3,(H,28,34)(H2,26,27,32)/t15-,17+,19-,20+,21+,40?/m0/s1. The smallest absolute Gasteiger partial charge is 0.460 e. The van der Waals surface area contributed by atoms with Gasteiger partial charge in [0.15, 0.2) is 6.17 Å². The van der Waals surface area contributed by atoms with Crippen LogP contribution in [0.15, 0.2) is 47.4 Å². The van der Waals surface area contributed by atoms with Crippen molar-refractivity contribution in [2.24, 2.45) is 0 Å². The van der Waals surface area contributed by atoms with Crippen LogP contribution in [0.2, 0.25) is 0 Å². The third kappa shape index (κ3) is 9.51. The van der Waals surface area contributed by atoms with Gasteiger partial charge >= 0.3 is 25.6 Å². The van der Waals surface area contributed by atoms with E-state index in [0.717, 1.165) is 21.9 Å². The lowest BCUT2D eigenvalue weighted by Crippen LogP contribution is -2.36. The number of rotatable bonds is 13. The molecular weight excluding hydrogens is 586 g/mol. The van der Waals surface area contributed by atoms with Gasteiger partial charge in [0.25, 0.3) is 0 Å². The highest BCUT2D eigenvalue weighted by Crippen LogP contribution is 2.48. The summed E-state index contributed by atoms with van der Waals surface area (Å²) in [5.41, 5.74) is 5.39. The summed E-state index contributed by atoms with van der Waals surface area (Å²) in [5, 5.41) is 10.7. The number of esters is 1. The number of alkyl halides is 1. The van der Waals surface area contributed by atoms with Crippen molar-refractivity contribution < 1.29 is 46.9 Å². The van der Waals surface area contributed by atoms with Gasteiger partial charge < -0.3 is 25.1 Å². The van der Waals surface area contributed by atoms with Gasteiger partial charge in [0.2, 0.25) is 6.79 Å². The van der Waals surface area contributed by atoms with Crippen molar-refractivity contribution in [2.75, 3.05) is 19.1 Å². The highest BCUT2D eigenvalue weighted by Gasteiger charge is 2.46. The maximum atomic E-state index is 15.0. The van der Waals surface area contributed by atoms with E-state index in [9.17, 15) is 28.4 Å². The van der Waals surface area contributed by atoms with Crippen LogP contribution in [0.25, 0.3) is 0 Å². The molecule has 0 spiro atoms. The quantitative estimate of drug-likeness (QED) is 0.169. The molecule has 17 heteroatoms. The predicted molar refractivity (Wildman–Crippen MR) is 145 cm³/mol. The van der Waals surface area contributed by atoms with Gasteiger partial charge in [0.1, 0.15) is 29.9 Å². The average Bonchev–Trinajstić information content (AvgIpc) is 3.19. The number of aromatic nitrogens is 2. The zero-order chi connectivity index (χ0) is 30.2. The summed E-state index contributed by atoms with van der Waals surface area (Å²) in [6.07, 6.45) is -3.89. The predicted octanol–water partition coefficient (Wildman–Crippen LogP) is 2.52. The van der Waals surface area contributed by atoms with Crippen LogP contribution in [0.3, 0.4) is 0 Å². The number of benzene rings is 1. The third-order valence-corrected chi connectivity index (χ3v) is 8.66. The number of anilines is 1. The van der Waals surface area contributed by atoms with E-state index in [-0.39, 0.29) is 12.4 Å². The highest BCUT2D eigenvalue weighted by molar-refractivity contribution is 8.00. The maximum Gasteiger partial charge on any atom is 0.510 e. The molecule has 0 saturated carbocycles. The van der Waals surface area contributed by atoms with Crippen molar-refractivity contribution in [3.63, 3.8) is 0 Å². The zero-order valence-corrected chi connectivity index (χ0v) is 24.2. The second-order valence-corrected chi connectivity index (χ2v) is 12.2. The Hall–Kier alpha value is -3.01. The minimum absolute atomic E-state index is 0.0502. The summed E-state index contributed by atoms with van der Waals surface area (Å²) in [6, 6.07) is 8.92. The number of aliphatic hydroxyl groups excluding tert-OH is 1. The molecule has 3 rings (SSSR count). The molecule has 1 aromatic heterocycles. The van der Waals surface area contributed by atoms with E-state index < -0.39 is 74.0 Å². The van der Waals surface area contributed by atoms with Crippen molar-refractivity contribution in [3.8, 4) is 0 Å². The van der Waals surface area contributed by atoms with Crippen LogP contribution in [0.1, 0.15) is 31.7 Å². The van der Waals surface area contributed by atoms with E-state index in [2.05, 4.69) is 10.1 Å². The third-order valence-electron chi connectivity index (χ3n) is 5.49. The second kappa shape index (κ2) is 14.8. The summed E-state index contributed by atoms with van der Waals surface area (Å²) in [5.74, 6) is -0.846. The van der Waals surface area contributed by atoms with Crippen LogP contribution in [-0.4, -0.2) is 69.9 Å². The number of hydrogen-bond acceptors (Lipinski definition) is 13. The highest BCUT2D eigenvalue weighted by atomic mass is 32.2. The minimum atomic E-state index is -4.45. The first-order valence-electron chi connectivity index (χ1n) is 12.4. The first-order chi connectivity index (χ1) is 19.4. The maximum absolute atomic E-state index is 15.0. The fraction of sp³-hybridized carbons (Fsp3) is 0.500. The molecule has 1 fully saturated rings. The lowest BCUT2D eigenvalue weighted by atomic mass is 10.1. The molecule has 1 unspecified atom stereocenters. The Morgan fingerprint density at radius 3 is 2.56 bits per heavy atom. The summed E-state index contributed by atoms with van der Waals surface area (Å²) in [7, 11) is -4.45. The molecule has 226 valence electrons. The first kappa shape index (κ1) is 32.5. The van der Waals surface area contributed by atoms with Crippen molar-refractivity contribution in [2.45, 2.75) is 62.4 Å². The number of hydrogen-bond donors (Lipinski definition) is 3. The number of carbonyl (C=O) groups is 2. The number of nitrogens with one attached hydrogen (secondary N) is 1. The number of thioether (sulfide) groups is 1. The molecule has 1 aliphatic rings. The normalized spacial score (nSPS) is 22.6. The van der Waals surface area contributed by atoms with E-state index in [4.69, 9.17) is 29.0 Å². The van der Waals surface area contributed by atoms with Gasteiger partial charge in [-0.15, -0.1) is 11.8 Å². The molecule has 0 amide bonds. The Morgan fingerprint density at radius 1 is 1.20 bits per heavy atom. The molecule has 2 aromatic rings. The summed E-state index contributed by atoms with van der Waals surface area (Å²) < 4.78 is 54.8.